The summed E-state index contributed by atoms with van der Waals surface area (Å²) in [6.07, 6.45) is 0. The number of carbonyl (C=O) groups excluding carboxylic acids is 2. The number of fused-ring (bicyclic) bond motifs is 2. The zero-order valence-electron chi connectivity index (χ0n) is 13.9. The maximum Gasteiger partial charge on any atom is 0.266 e. The normalized spacial score (nSPS) is 13.4. The van der Waals surface area contributed by atoms with Gasteiger partial charge in [0.1, 0.15) is 5.15 Å². The molecule has 0 radical (unpaired) electrons. The Morgan fingerprint density at radius 1 is 0.815 bits per heavy atom. The number of anilines is 1. The summed E-state index contributed by atoms with van der Waals surface area (Å²) in [6.45, 7) is 0. The van der Waals surface area contributed by atoms with Crippen LogP contribution in [0.15, 0.2) is 66.7 Å². The van der Waals surface area contributed by atoms with Crippen molar-refractivity contribution in [3.05, 3.63) is 83.0 Å². The van der Waals surface area contributed by atoms with Crippen molar-refractivity contribution in [1.29, 1.82) is 0 Å². The fourth-order valence-corrected chi connectivity index (χ4v) is 3.59. The van der Waals surface area contributed by atoms with Crippen LogP contribution in [0.3, 0.4) is 0 Å². The van der Waals surface area contributed by atoms with Crippen LogP contribution >= 0.6 is 11.6 Å². The number of halogens is 1. The van der Waals surface area contributed by atoms with Gasteiger partial charge in [0.05, 0.1) is 33.5 Å². The smallest absolute Gasteiger partial charge is 0.266 e. The quantitative estimate of drug-likeness (QED) is 0.409. The fraction of sp³-hybridized carbons (Fsp3) is 0. The molecule has 3 heterocycles. The van der Waals surface area contributed by atoms with Gasteiger partial charge in [0.25, 0.3) is 11.8 Å². The zero-order chi connectivity index (χ0) is 18.5. The predicted octanol–water partition coefficient (Wildman–Crippen LogP) is 4.68. The standard InChI is InChI=1S/C21H12ClN3O2/c22-19-10-9-15-17(24-19)11-16(23-15)14-7-3-4-8-18(14)25-20(26)12-5-1-2-6-13(12)21(25)27/h1-11,23H. The van der Waals surface area contributed by atoms with Crippen LogP contribution in [-0.4, -0.2) is 21.8 Å². The molecule has 0 atom stereocenters. The van der Waals surface area contributed by atoms with Crippen molar-refractivity contribution in [2.75, 3.05) is 4.90 Å². The number of amides is 2. The summed E-state index contributed by atoms with van der Waals surface area (Å²) in [5, 5.41) is 0.404. The number of aromatic amines is 1. The Morgan fingerprint density at radius 3 is 2.15 bits per heavy atom. The van der Waals surface area contributed by atoms with Gasteiger partial charge in [-0.2, -0.15) is 0 Å². The highest BCUT2D eigenvalue weighted by Gasteiger charge is 2.37. The van der Waals surface area contributed by atoms with E-state index in [2.05, 4.69) is 9.97 Å². The van der Waals surface area contributed by atoms with E-state index < -0.39 is 0 Å². The molecule has 2 amide bonds. The van der Waals surface area contributed by atoms with E-state index in [1.54, 1.807) is 42.5 Å². The Kier molecular flexibility index (Phi) is 3.39. The van der Waals surface area contributed by atoms with Crippen molar-refractivity contribution in [3.63, 3.8) is 0 Å². The first-order valence-electron chi connectivity index (χ1n) is 8.36. The van der Waals surface area contributed by atoms with Gasteiger partial charge in [-0.3, -0.25) is 9.59 Å². The highest BCUT2D eigenvalue weighted by Crippen LogP contribution is 2.36. The largest absolute Gasteiger partial charge is 0.353 e. The number of imide groups is 1. The summed E-state index contributed by atoms with van der Waals surface area (Å²) in [7, 11) is 0. The molecule has 0 bridgehead atoms. The molecule has 27 heavy (non-hydrogen) atoms. The number of aromatic nitrogens is 2. The SMILES string of the molecule is O=C1c2ccccc2C(=O)N1c1ccccc1-c1cc2nc(Cl)ccc2[nH]1. The molecule has 1 N–H and O–H groups in total. The van der Waals surface area contributed by atoms with Gasteiger partial charge in [-0.15, -0.1) is 0 Å². The molecule has 1 aliphatic heterocycles. The number of para-hydroxylation sites is 1. The van der Waals surface area contributed by atoms with Crippen LogP contribution in [0.1, 0.15) is 20.7 Å². The van der Waals surface area contributed by atoms with Gasteiger partial charge >= 0.3 is 0 Å². The molecule has 0 saturated carbocycles. The third kappa shape index (κ3) is 2.36. The van der Waals surface area contributed by atoms with E-state index in [1.807, 2.05) is 24.3 Å². The summed E-state index contributed by atoms with van der Waals surface area (Å²) in [5.41, 5.74) is 4.40. The molecule has 0 spiro atoms. The zero-order valence-corrected chi connectivity index (χ0v) is 14.7. The van der Waals surface area contributed by atoms with Gasteiger partial charge in [0, 0.05) is 5.56 Å². The second kappa shape index (κ2) is 5.79. The van der Waals surface area contributed by atoms with Gasteiger partial charge in [-0.05, 0) is 36.4 Å². The molecule has 5 rings (SSSR count). The predicted molar refractivity (Wildman–Crippen MR) is 104 cm³/mol. The highest BCUT2D eigenvalue weighted by atomic mass is 35.5. The average Bonchev–Trinajstić information content (AvgIpc) is 3.21. The lowest BCUT2D eigenvalue weighted by Crippen LogP contribution is -2.29. The summed E-state index contributed by atoms with van der Waals surface area (Å²) >= 11 is 5.98. The molecule has 4 aromatic rings. The first-order chi connectivity index (χ1) is 13.1. The van der Waals surface area contributed by atoms with Crippen LogP contribution in [-0.2, 0) is 0 Å². The van der Waals surface area contributed by atoms with Crippen molar-refractivity contribution in [2.24, 2.45) is 0 Å². The number of nitrogens with one attached hydrogen (secondary N) is 1. The third-order valence-corrected chi connectivity index (χ3v) is 4.88. The molecule has 6 heteroatoms. The van der Waals surface area contributed by atoms with Gasteiger partial charge < -0.3 is 4.98 Å². The second-order valence-corrected chi connectivity index (χ2v) is 6.65. The molecule has 1 aliphatic rings. The maximum absolute atomic E-state index is 12.9. The average molecular weight is 374 g/mol. The molecule has 0 unspecified atom stereocenters. The monoisotopic (exact) mass is 373 g/mol. The number of nitrogens with zero attached hydrogens (tertiary/aromatic N) is 2. The van der Waals surface area contributed by atoms with Crippen LogP contribution in [0, 0.1) is 0 Å². The van der Waals surface area contributed by atoms with E-state index in [0.29, 0.717) is 22.0 Å². The van der Waals surface area contributed by atoms with Crippen LogP contribution < -0.4 is 4.90 Å². The van der Waals surface area contributed by atoms with Gasteiger partial charge in [-0.25, -0.2) is 9.88 Å². The molecular weight excluding hydrogens is 362 g/mol. The molecule has 2 aromatic heterocycles. The van der Waals surface area contributed by atoms with Crippen molar-refractivity contribution in [2.45, 2.75) is 0 Å². The minimum atomic E-state index is -0.319. The van der Waals surface area contributed by atoms with Crippen molar-refractivity contribution in [1.82, 2.24) is 9.97 Å². The molecule has 0 fully saturated rings. The topological polar surface area (TPSA) is 66.1 Å². The fourth-order valence-electron chi connectivity index (χ4n) is 3.43. The summed E-state index contributed by atoms with van der Waals surface area (Å²) in [6, 6.07) is 19.6. The van der Waals surface area contributed by atoms with E-state index in [-0.39, 0.29) is 11.8 Å². The number of hydrogen-bond acceptors (Lipinski definition) is 3. The molecule has 130 valence electrons. The Balaban J connectivity index is 1.67. The van der Waals surface area contributed by atoms with Gasteiger partial charge in [0.15, 0.2) is 0 Å². The number of H-pyrrole nitrogens is 1. The lowest BCUT2D eigenvalue weighted by atomic mass is 10.1. The number of hydrogen-bond donors (Lipinski definition) is 1. The third-order valence-electron chi connectivity index (χ3n) is 4.67. The molecular formula is C21H12ClN3O2. The summed E-state index contributed by atoms with van der Waals surface area (Å²) in [4.78, 5) is 34.6. The van der Waals surface area contributed by atoms with Gasteiger partial charge in [-0.1, -0.05) is 41.9 Å². The van der Waals surface area contributed by atoms with Crippen LogP contribution in [0.4, 0.5) is 5.69 Å². The number of carbonyl (C=O) groups is 2. The Labute approximate surface area is 159 Å². The van der Waals surface area contributed by atoms with E-state index in [1.165, 1.54) is 4.90 Å². The highest BCUT2D eigenvalue weighted by molar-refractivity contribution is 6.35. The van der Waals surface area contributed by atoms with Crippen LogP contribution in [0.5, 0.6) is 0 Å². The van der Waals surface area contributed by atoms with Crippen molar-refractivity contribution < 1.29 is 9.59 Å². The molecule has 0 aliphatic carbocycles. The number of benzene rings is 2. The minimum Gasteiger partial charge on any atom is -0.353 e. The first kappa shape index (κ1) is 15.8. The van der Waals surface area contributed by atoms with Crippen LogP contribution in [0.2, 0.25) is 5.15 Å². The number of pyridine rings is 1. The Morgan fingerprint density at radius 2 is 1.44 bits per heavy atom. The number of rotatable bonds is 2. The lowest BCUT2D eigenvalue weighted by Gasteiger charge is -2.17. The lowest BCUT2D eigenvalue weighted by molar-refractivity contribution is 0.0926. The van der Waals surface area contributed by atoms with E-state index in [0.717, 1.165) is 22.3 Å². The van der Waals surface area contributed by atoms with Gasteiger partial charge in [0.2, 0.25) is 0 Å². The molecule has 5 nitrogen and oxygen atoms in total. The molecule has 0 saturated heterocycles. The van der Waals surface area contributed by atoms with E-state index >= 15 is 0 Å². The second-order valence-electron chi connectivity index (χ2n) is 6.26. The Hall–Kier alpha value is -3.44. The van der Waals surface area contributed by atoms with Crippen LogP contribution in [0.25, 0.3) is 22.3 Å². The van der Waals surface area contributed by atoms with Crippen molar-refractivity contribution >= 4 is 40.1 Å². The maximum atomic E-state index is 12.9. The summed E-state index contributed by atoms with van der Waals surface area (Å²) < 4.78 is 0. The minimum absolute atomic E-state index is 0.319. The van der Waals surface area contributed by atoms with E-state index in [4.69, 9.17) is 11.6 Å². The Bertz CT molecular complexity index is 1210. The first-order valence-corrected chi connectivity index (χ1v) is 8.74. The molecule has 2 aromatic carbocycles. The van der Waals surface area contributed by atoms with E-state index in [9.17, 15) is 9.59 Å². The summed E-state index contributed by atoms with van der Waals surface area (Å²) in [5.74, 6) is -0.638. The van der Waals surface area contributed by atoms with Crippen molar-refractivity contribution in [3.8, 4) is 11.3 Å².